The first-order valence-corrected chi connectivity index (χ1v) is 13.7. The van der Waals surface area contributed by atoms with Crippen molar-refractivity contribution in [2.45, 2.75) is 31.7 Å². The van der Waals surface area contributed by atoms with Gasteiger partial charge in [0.2, 0.25) is 0 Å². The van der Waals surface area contributed by atoms with E-state index in [-0.39, 0.29) is 23.5 Å². The van der Waals surface area contributed by atoms with Crippen molar-refractivity contribution in [2.75, 3.05) is 37.4 Å². The van der Waals surface area contributed by atoms with Crippen molar-refractivity contribution in [3.8, 4) is 0 Å². The van der Waals surface area contributed by atoms with Gasteiger partial charge in [0.1, 0.15) is 12.1 Å². The number of carbonyl (C=O) groups is 1. The number of hydrogen-bond donors (Lipinski definition) is 1. The highest BCUT2D eigenvalue weighted by Gasteiger charge is 2.33. The van der Waals surface area contributed by atoms with Gasteiger partial charge in [-0.1, -0.05) is 80.6 Å². The summed E-state index contributed by atoms with van der Waals surface area (Å²) in [6, 6.07) is 26.6. The Morgan fingerprint density at radius 3 is 2.38 bits per heavy atom. The van der Waals surface area contributed by atoms with Gasteiger partial charge in [-0.05, 0) is 54.4 Å². The second-order valence-corrected chi connectivity index (χ2v) is 11.6. The minimum atomic E-state index is -0.347. The van der Waals surface area contributed by atoms with Gasteiger partial charge in [0.25, 0.3) is 0 Å². The highest BCUT2D eigenvalue weighted by atomic mass is 32.2. The summed E-state index contributed by atoms with van der Waals surface area (Å²) in [5.41, 5.74) is 5.78. The molecule has 1 atom stereocenters. The lowest BCUT2D eigenvalue weighted by molar-refractivity contribution is -0.138. The van der Waals surface area contributed by atoms with E-state index in [1.807, 2.05) is 48.2 Å². The first-order chi connectivity index (χ1) is 17.8. The van der Waals surface area contributed by atoms with Crippen molar-refractivity contribution in [1.82, 2.24) is 4.90 Å². The zero-order valence-electron chi connectivity index (χ0n) is 22.2. The van der Waals surface area contributed by atoms with Crippen LogP contribution in [0.15, 0.2) is 84.9 Å². The Morgan fingerprint density at radius 1 is 1.03 bits per heavy atom. The molecular formula is C31H37N3O2S. The molecule has 3 aromatic rings. The quantitative estimate of drug-likeness (QED) is 0.233. The van der Waals surface area contributed by atoms with Crippen LogP contribution in [0.4, 0.5) is 11.4 Å². The summed E-state index contributed by atoms with van der Waals surface area (Å²) in [7, 11) is 4.26. The summed E-state index contributed by atoms with van der Waals surface area (Å²) < 4.78 is 5.38. The number of hydrogen-bond acceptors (Lipinski definition) is 6. The first-order valence-electron chi connectivity index (χ1n) is 12.7. The molecule has 1 aliphatic rings. The molecule has 1 heterocycles. The minimum absolute atomic E-state index is 0.111. The largest absolute Gasteiger partial charge is 0.458 e. The monoisotopic (exact) mass is 515 g/mol. The van der Waals surface area contributed by atoms with Crippen molar-refractivity contribution < 1.29 is 9.53 Å². The Kier molecular flexibility index (Phi) is 8.95. The van der Waals surface area contributed by atoms with Crippen LogP contribution in [-0.2, 0) is 21.9 Å². The van der Waals surface area contributed by atoms with Gasteiger partial charge in [-0.25, -0.2) is 4.79 Å². The Hall–Kier alpha value is -3.22. The van der Waals surface area contributed by atoms with E-state index in [1.54, 1.807) is 0 Å². The van der Waals surface area contributed by atoms with E-state index in [2.05, 4.69) is 91.6 Å². The molecule has 5 nitrogen and oxygen atoms in total. The number of nitrogens with zero attached hydrogens (tertiary/aromatic N) is 2. The van der Waals surface area contributed by atoms with E-state index in [0.29, 0.717) is 0 Å². The fraction of sp³-hybridized carbons (Fsp3) is 0.323. The van der Waals surface area contributed by atoms with Crippen LogP contribution in [-0.4, -0.2) is 43.6 Å². The molecule has 0 bridgehead atoms. The summed E-state index contributed by atoms with van der Waals surface area (Å²) >= 11 is 1.90. The molecule has 194 valence electrons. The zero-order valence-corrected chi connectivity index (χ0v) is 23.0. The third-order valence-corrected chi connectivity index (χ3v) is 7.31. The minimum Gasteiger partial charge on any atom is -0.458 e. The van der Waals surface area contributed by atoms with Crippen LogP contribution in [0, 0.1) is 5.41 Å². The number of carbonyl (C=O) groups excluding carboxylic acids is 1. The Balaban J connectivity index is 1.46. The van der Waals surface area contributed by atoms with E-state index >= 15 is 0 Å². The lowest BCUT2D eigenvalue weighted by atomic mass is 9.92. The predicted molar refractivity (Wildman–Crippen MR) is 157 cm³/mol. The van der Waals surface area contributed by atoms with Crippen LogP contribution in [0.5, 0.6) is 0 Å². The molecular weight excluding hydrogens is 478 g/mol. The Bertz CT molecular complexity index is 1200. The van der Waals surface area contributed by atoms with Crippen LogP contribution in [0.2, 0.25) is 0 Å². The Labute approximate surface area is 225 Å². The molecule has 1 N–H and O–H groups in total. The molecule has 4 rings (SSSR count). The summed E-state index contributed by atoms with van der Waals surface area (Å²) in [6.45, 7) is 6.84. The van der Waals surface area contributed by atoms with Crippen molar-refractivity contribution in [3.05, 3.63) is 102 Å². The molecule has 37 heavy (non-hydrogen) atoms. The number of ether oxygens (including phenoxy) is 1. The average molecular weight is 516 g/mol. The summed E-state index contributed by atoms with van der Waals surface area (Å²) in [5.74, 6) is 0.581. The second-order valence-electron chi connectivity index (χ2n) is 10.5. The molecule has 1 aliphatic heterocycles. The summed E-state index contributed by atoms with van der Waals surface area (Å²) in [4.78, 5) is 17.0. The smallest absolute Gasteiger partial charge is 0.331 e. The van der Waals surface area contributed by atoms with Crippen molar-refractivity contribution in [2.24, 2.45) is 5.41 Å². The maximum absolute atomic E-state index is 12.3. The molecule has 3 aromatic carbocycles. The Morgan fingerprint density at radius 2 is 1.70 bits per heavy atom. The van der Waals surface area contributed by atoms with Crippen LogP contribution < -0.4 is 10.2 Å². The molecule has 0 amide bonds. The zero-order chi connectivity index (χ0) is 26.3. The highest BCUT2D eigenvalue weighted by molar-refractivity contribution is 7.99. The average Bonchev–Trinajstić information content (AvgIpc) is 3.21. The first kappa shape index (κ1) is 26.8. The molecule has 0 aromatic heterocycles. The SMILES string of the molecule is CN(C)CC(C)(C)CN1c2ccc(/C=C/C(=O)OCc3ccccc3)cc2NC1SCc1ccccc1. The van der Waals surface area contributed by atoms with E-state index in [4.69, 9.17) is 4.74 Å². The van der Waals surface area contributed by atoms with Gasteiger partial charge < -0.3 is 19.9 Å². The van der Waals surface area contributed by atoms with Crippen LogP contribution in [0.25, 0.3) is 6.08 Å². The van der Waals surface area contributed by atoms with Crippen molar-refractivity contribution in [1.29, 1.82) is 0 Å². The van der Waals surface area contributed by atoms with Crippen molar-refractivity contribution >= 4 is 35.2 Å². The van der Waals surface area contributed by atoms with E-state index in [1.165, 1.54) is 17.3 Å². The van der Waals surface area contributed by atoms with Crippen LogP contribution in [0.1, 0.15) is 30.5 Å². The maximum Gasteiger partial charge on any atom is 0.331 e. The van der Waals surface area contributed by atoms with Gasteiger partial charge >= 0.3 is 5.97 Å². The number of thioether (sulfide) groups is 1. The topological polar surface area (TPSA) is 44.8 Å². The second kappa shape index (κ2) is 12.3. The maximum atomic E-state index is 12.3. The van der Waals surface area contributed by atoms with Crippen molar-refractivity contribution in [3.63, 3.8) is 0 Å². The highest BCUT2D eigenvalue weighted by Crippen LogP contribution is 2.41. The predicted octanol–water partition coefficient (Wildman–Crippen LogP) is 6.48. The van der Waals surface area contributed by atoms with E-state index in [0.717, 1.165) is 35.7 Å². The molecule has 0 radical (unpaired) electrons. The number of fused-ring (bicyclic) bond motifs is 1. The van der Waals surface area contributed by atoms with Gasteiger partial charge in [-0.2, -0.15) is 0 Å². The number of anilines is 2. The van der Waals surface area contributed by atoms with Gasteiger partial charge in [-0.15, -0.1) is 11.8 Å². The molecule has 0 spiro atoms. The normalized spacial score (nSPS) is 15.2. The molecule has 1 unspecified atom stereocenters. The lowest BCUT2D eigenvalue weighted by Gasteiger charge is -2.36. The molecule has 0 saturated carbocycles. The van der Waals surface area contributed by atoms with Crippen LogP contribution >= 0.6 is 11.8 Å². The third kappa shape index (κ3) is 7.88. The molecule has 0 saturated heterocycles. The third-order valence-electron chi connectivity index (χ3n) is 6.12. The number of rotatable bonds is 11. The fourth-order valence-corrected chi connectivity index (χ4v) is 5.84. The van der Waals surface area contributed by atoms with Gasteiger partial charge in [0, 0.05) is 24.9 Å². The van der Waals surface area contributed by atoms with Crippen LogP contribution in [0.3, 0.4) is 0 Å². The van der Waals surface area contributed by atoms with Gasteiger partial charge in [-0.3, -0.25) is 0 Å². The summed E-state index contributed by atoms with van der Waals surface area (Å²) in [5, 5.41) is 3.73. The van der Waals surface area contributed by atoms with E-state index in [9.17, 15) is 4.79 Å². The summed E-state index contributed by atoms with van der Waals surface area (Å²) in [6.07, 6.45) is 3.32. The number of nitrogens with one attached hydrogen (secondary N) is 1. The van der Waals surface area contributed by atoms with Gasteiger partial charge in [0.05, 0.1) is 11.4 Å². The lowest BCUT2D eigenvalue weighted by Crippen LogP contribution is -2.43. The van der Waals surface area contributed by atoms with E-state index < -0.39 is 0 Å². The standard InChI is InChI=1S/C31H37N3O2S/c1-31(2,22-33(3)4)23-34-28-17-15-24(16-18-29(35)36-20-25-11-7-5-8-12-25)19-27(28)32-30(34)37-21-26-13-9-6-10-14-26/h5-19,30,32H,20-23H2,1-4H3/b18-16+. The number of benzene rings is 3. The number of esters is 1. The molecule has 0 aliphatic carbocycles. The molecule has 0 fully saturated rings. The fourth-order valence-electron chi connectivity index (χ4n) is 4.72. The van der Waals surface area contributed by atoms with Gasteiger partial charge in [0.15, 0.2) is 0 Å². The molecule has 6 heteroatoms.